The number of fused-ring (bicyclic) bond motifs is 1. The number of nitrogens with one attached hydrogen (secondary N) is 1. The second-order valence-corrected chi connectivity index (χ2v) is 4.96. The molecule has 0 atom stereocenters. The smallest absolute Gasteiger partial charge is 0.157 e. The molecule has 0 aliphatic heterocycles. The Labute approximate surface area is 101 Å². The maximum atomic E-state index is 4.23. The predicted octanol–water partition coefficient (Wildman–Crippen LogP) is 2.64. The van der Waals surface area contributed by atoms with Gasteiger partial charge in [0, 0.05) is 6.54 Å². The number of hydrogen-bond acceptors (Lipinski definition) is 3. The lowest BCUT2D eigenvalue weighted by Gasteiger charge is -2.08. The molecule has 1 N–H and O–H groups in total. The van der Waals surface area contributed by atoms with Gasteiger partial charge >= 0.3 is 0 Å². The normalized spacial score (nSPS) is 15.4. The Bertz CT molecular complexity index is 513. The Morgan fingerprint density at radius 3 is 3.12 bits per heavy atom. The molecular formula is C13H18N4. The molecule has 17 heavy (non-hydrogen) atoms. The van der Waals surface area contributed by atoms with Crippen molar-refractivity contribution in [2.75, 3.05) is 11.9 Å². The van der Waals surface area contributed by atoms with Gasteiger partial charge in [0.15, 0.2) is 5.65 Å². The van der Waals surface area contributed by atoms with Crippen LogP contribution in [-0.2, 0) is 0 Å². The van der Waals surface area contributed by atoms with Crippen molar-refractivity contribution >= 4 is 11.5 Å². The number of aryl methyl sites for hydroxylation is 1. The standard InChI is InChI=1S/C13H18N4/c1-10-7-12(14-6-2-3-11-4-5-11)17-13(8-10)15-9-16-17/h7-9,11,14H,2-6H2,1H3. The minimum atomic E-state index is 0.912. The van der Waals surface area contributed by atoms with Crippen molar-refractivity contribution in [1.29, 1.82) is 0 Å². The van der Waals surface area contributed by atoms with Crippen LogP contribution in [0.3, 0.4) is 0 Å². The van der Waals surface area contributed by atoms with Crippen molar-refractivity contribution in [3.63, 3.8) is 0 Å². The molecule has 0 radical (unpaired) electrons. The summed E-state index contributed by atoms with van der Waals surface area (Å²) in [7, 11) is 0. The highest BCUT2D eigenvalue weighted by atomic mass is 15.3. The van der Waals surface area contributed by atoms with Crippen LogP contribution in [0.25, 0.3) is 5.65 Å². The first-order valence-corrected chi connectivity index (χ1v) is 6.37. The van der Waals surface area contributed by atoms with E-state index in [1.165, 1.54) is 31.2 Å². The average Bonchev–Trinajstić information content (AvgIpc) is 3.01. The van der Waals surface area contributed by atoms with Crippen LogP contribution in [0.4, 0.5) is 5.82 Å². The monoisotopic (exact) mass is 230 g/mol. The molecule has 4 heteroatoms. The van der Waals surface area contributed by atoms with Crippen LogP contribution in [0.2, 0.25) is 0 Å². The summed E-state index contributed by atoms with van der Waals surface area (Å²) in [6.07, 6.45) is 7.09. The lowest BCUT2D eigenvalue weighted by atomic mass is 10.2. The predicted molar refractivity (Wildman–Crippen MR) is 68.2 cm³/mol. The van der Waals surface area contributed by atoms with E-state index < -0.39 is 0 Å². The molecule has 2 aromatic rings. The summed E-state index contributed by atoms with van der Waals surface area (Å²) in [5, 5.41) is 7.69. The van der Waals surface area contributed by atoms with Crippen LogP contribution >= 0.6 is 0 Å². The molecule has 0 spiro atoms. The molecule has 0 saturated heterocycles. The maximum Gasteiger partial charge on any atom is 0.157 e. The topological polar surface area (TPSA) is 42.2 Å². The van der Waals surface area contributed by atoms with Gasteiger partial charge in [-0.3, -0.25) is 0 Å². The van der Waals surface area contributed by atoms with Gasteiger partial charge in [0.05, 0.1) is 0 Å². The van der Waals surface area contributed by atoms with Crippen molar-refractivity contribution in [1.82, 2.24) is 14.6 Å². The first-order valence-electron chi connectivity index (χ1n) is 6.37. The van der Waals surface area contributed by atoms with Crippen molar-refractivity contribution in [3.8, 4) is 0 Å². The number of pyridine rings is 1. The molecule has 0 unspecified atom stereocenters. The van der Waals surface area contributed by atoms with E-state index in [-0.39, 0.29) is 0 Å². The molecule has 1 fully saturated rings. The van der Waals surface area contributed by atoms with Crippen LogP contribution in [0, 0.1) is 12.8 Å². The number of rotatable bonds is 5. The molecule has 1 saturated carbocycles. The Morgan fingerprint density at radius 2 is 2.29 bits per heavy atom. The average molecular weight is 230 g/mol. The second-order valence-electron chi connectivity index (χ2n) is 4.96. The molecule has 0 amide bonds. The summed E-state index contributed by atoms with van der Waals surface area (Å²) >= 11 is 0. The third-order valence-electron chi connectivity index (χ3n) is 3.32. The van der Waals surface area contributed by atoms with Crippen LogP contribution in [0.5, 0.6) is 0 Å². The molecular weight excluding hydrogens is 212 g/mol. The second kappa shape index (κ2) is 4.35. The summed E-state index contributed by atoms with van der Waals surface area (Å²) in [5.74, 6) is 2.06. The zero-order chi connectivity index (χ0) is 11.7. The van der Waals surface area contributed by atoms with Crippen LogP contribution in [0.15, 0.2) is 18.5 Å². The van der Waals surface area contributed by atoms with Crippen LogP contribution in [-0.4, -0.2) is 21.1 Å². The van der Waals surface area contributed by atoms with Gasteiger partial charge in [-0.25, -0.2) is 4.98 Å². The molecule has 2 heterocycles. The van der Waals surface area contributed by atoms with E-state index in [2.05, 4.69) is 28.4 Å². The fourth-order valence-corrected chi connectivity index (χ4v) is 2.20. The highest BCUT2D eigenvalue weighted by Gasteiger charge is 2.19. The summed E-state index contributed by atoms with van der Waals surface area (Å²) in [5.41, 5.74) is 2.13. The fourth-order valence-electron chi connectivity index (χ4n) is 2.20. The van der Waals surface area contributed by atoms with E-state index in [9.17, 15) is 0 Å². The third kappa shape index (κ3) is 2.40. The van der Waals surface area contributed by atoms with E-state index >= 15 is 0 Å². The van der Waals surface area contributed by atoms with Gasteiger partial charge in [-0.05, 0) is 43.4 Å². The maximum absolute atomic E-state index is 4.23. The summed E-state index contributed by atoms with van der Waals surface area (Å²) in [6.45, 7) is 3.11. The van der Waals surface area contributed by atoms with Gasteiger partial charge in [0.1, 0.15) is 12.1 Å². The molecule has 1 aliphatic carbocycles. The minimum absolute atomic E-state index is 0.912. The van der Waals surface area contributed by atoms with Crippen LogP contribution < -0.4 is 5.32 Å². The van der Waals surface area contributed by atoms with Crippen molar-refractivity contribution < 1.29 is 0 Å². The van der Waals surface area contributed by atoms with Crippen molar-refractivity contribution in [2.45, 2.75) is 32.6 Å². The van der Waals surface area contributed by atoms with E-state index in [1.54, 1.807) is 6.33 Å². The van der Waals surface area contributed by atoms with Crippen molar-refractivity contribution in [3.05, 3.63) is 24.0 Å². The fraction of sp³-hybridized carbons (Fsp3) is 0.538. The summed E-state index contributed by atoms with van der Waals surface area (Å²) in [4.78, 5) is 4.22. The van der Waals surface area contributed by atoms with E-state index in [1.807, 2.05) is 10.6 Å². The quantitative estimate of drug-likeness (QED) is 0.803. The Balaban J connectivity index is 1.67. The van der Waals surface area contributed by atoms with Gasteiger partial charge in [-0.1, -0.05) is 12.8 Å². The van der Waals surface area contributed by atoms with Crippen LogP contribution in [0.1, 0.15) is 31.2 Å². The first kappa shape index (κ1) is 10.6. The van der Waals surface area contributed by atoms with E-state index in [4.69, 9.17) is 0 Å². The van der Waals surface area contributed by atoms with Gasteiger partial charge in [-0.15, -0.1) is 0 Å². The van der Waals surface area contributed by atoms with E-state index in [0.29, 0.717) is 0 Å². The number of anilines is 1. The van der Waals surface area contributed by atoms with Gasteiger partial charge in [-0.2, -0.15) is 9.61 Å². The third-order valence-corrected chi connectivity index (χ3v) is 3.32. The molecule has 90 valence electrons. The van der Waals surface area contributed by atoms with Crippen molar-refractivity contribution in [2.24, 2.45) is 5.92 Å². The lowest BCUT2D eigenvalue weighted by molar-refractivity contribution is 0.685. The Kier molecular flexibility index (Phi) is 2.71. The largest absolute Gasteiger partial charge is 0.370 e. The molecule has 2 aromatic heterocycles. The summed E-state index contributed by atoms with van der Waals surface area (Å²) in [6, 6.07) is 4.17. The highest BCUT2D eigenvalue weighted by molar-refractivity contribution is 5.51. The molecule has 4 nitrogen and oxygen atoms in total. The number of hydrogen-bond donors (Lipinski definition) is 1. The highest BCUT2D eigenvalue weighted by Crippen LogP contribution is 2.33. The first-order chi connectivity index (χ1) is 8.33. The number of aromatic nitrogens is 3. The zero-order valence-corrected chi connectivity index (χ0v) is 10.2. The van der Waals surface area contributed by atoms with Gasteiger partial charge in [0.2, 0.25) is 0 Å². The molecule has 1 aliphatic rings. The Hall–Kier alpha value is -1.58. The summed E-state index contributed by atoms with van der Waals surface area (Å²) < 4.78 is 1.87. The molecule has 0 aromatic carbocycles. The van der Waals surface area contributed by atoms with Gasteiger partial charge in [0.25, 0.3) is 0 Å². The SMILES string of the molecule is Cc1cc(NCCCC2CC2)n2ncnc2c1. The van der Waals surface area contributed by atoms with E-state index in [0.717, 1.165) is 23.9 Å². The lowest BCUT2D eigenvalue weighted by Crippen LogP contribution is -2.07. The minimum Gasteiger partial charge on any atom is -0.370 e. The van der Waals surface area contributed by atoms with Gasteiger partial charge < -0.3 is 5.32 Å². The zero-order valence-electron chi connectivity index (χ0n) is 10.2. The molecule has 0 bridgehead atoms. The number of nitrogens with zero attached hydrogens (tertiary/aromatic N) is 3. The molecule has 3 rings (SSSR count). The Morgan fingerprint density at radius 1 is 1.41 bits per heavy atom.